The van der Waals surface area contributed by atoms with Gasteiger partial charge in [-0.25, -0.2) is 9.97 Å². The molecule has 1 aromatic carbocycles. The van der Waals surface area contributed by atoms with Crippen molar-refractivity contribution in [2.75, 3.05) is 24.3 Å². The van der Waals surface area contributed by atoms with Gasteiger partial charge in [0.25, 0.3) is 5.91 Å². The third kappa shape index (κ3) is 4.97. The number of rotatable bonds is 5. The summed E-state index contributed by atoms with van der Waals surface area (Å²) >= 11 is 0. The van der Waals surface area contributed by atoms with Gasteiger partial charge < -0.3 is 15.5 Å². The normalized spacial score (nSPS) is 18.8. The molecule has 1 fully saturated rings. The number of carbonyl (C=O) groups excluding carboxylic acids is 1. The van der Waals surface area contributed by atoms with Crippen LogP contribution in [-0.4, -0.2) is 42.1 Å². The molecule has 0 bridgehead atoms. The molecule has 7 nitrogen and oxygen atoms in total. The highest BCUT2D eigenvalue weighted by Gasteiger charge is 2.23. The van der Waals surface area contributed by atoms with Crippen molar-refractivity contribution in [3.05, 3.63) is 47.3 Å². The maximum atomic E-state index is 12.4. The van der Waals surface area contributed by atoms with Crippen LogP contribution < -0.4 is 15.5 Å². The minimum absolute atomic E-state index is 0.0806. The van der Waals surface area contributed by atoms with E-state index in [1.807, 2.05) is 32.0 Å². The smallest absolute Gasteiger partial charge is 0.251 e. The lowest BCUT2D eigenvalue weighted by molar-refractivity contribution is 0.0926. The van der Waals surface area contributed by atoms with Gasteiger partial charge in [0.2, 0.25) is 0 Å². The Morgan fingerprint density at radius 1 is 1.11 bits per heavy atom. The molecule has 28 heavy (non-hydrogen) atoms. The van der Waals surface area contributed by atoms with Crippen molar-refractivity contribution in [2.45, 2.75) is 44.7 Å². The predicted molar refractivity (Wildman–Crippen MR) is 109 cm³/mol. The van der Waals surface area contributed by atoms with E-state index in [-0.39, 0.29) is 11.9 Å². The molecule has 0 unspecified atom stereocenters. The van der Waals surface area contributed by atoms with Crippen molar-refractivity contribution < 1.29 is 4.79 Å². The zero-order chi connectivity index (χ0) is 20.1. The molecule has 0 atom stereocenters. The third-order valence-corrected chi connectivity index (χ3v) is 4.97. The van der Waals surface area contributed by atoms with E-state index in [9.17, 15) is 4.79 Å². The Bertz CT molecular complexity index is 863. The summed E-state index contributed by atoms with van der Waals surface area (Å²) < 4.78 is 0. The molecule has 146 valence electrons. The van der Waals surface area contributed by atoms with Crippen molar-refractivity contribution in [1.82, 2.24) is 15.3 Å². The Labute approximate surface area is 165 Å². The third-order valence-electron chi connectivity index (χ3n) is 4.97. The number of anilines is 2. The number of nitrogens with one attached hydrogen (secondary N) is 2. The average molecular weight is 378 g/mol. The van der Waals surface area contributed by atoms with Gasteiger partial charge >= 0.3 is 0 Å². The second-order valence-corrected chi connectivity index (χ2v) is 7.41. The summed E-state index contributed by atoms with van der Waals surface area (Å²) in [6, 6.07) is 11.3. The van der Waals surface area contributed by atoms with Crippen LogP contribution in [0.4, 0.5) is 11.6 Å². The van der Waals surface area contributed by atoms with Crippen LogP contribution in [0, 0.1) is 18.3 Å². The van der Waals surface area contributed by atoms with Gasteiger partial charge in [0.15, 0.2) is 0 Å². The second-order valence-electron chi connectivity index (χ2n) is 7.41. The minimum atomic E-state index is -0.0806. The lowest BCUT2D eigenvalue weighted by Crippen LogP contribution is -2.40. The number of carbonyl (C=O) groups is 1. The highest BCUT2D eigenvalue weighted by atomic mass is 16.1. The molecule has 3 rings (SSSR count). The number of amides is 1. The van der Waals surface area contributed by atoms with Crippen molar-refractivity contribution in [3.63, 3.8) is 0 Å². The fraction of sp³-hybridized carbons (Fsp3) is 0.429. The Morgan fingerprint density at radius 3 is 2.36 bits per heavy atom. The molecule has 1 amide bonds. The molecule has 2 N–H and O–H groups in total. The van der Waals surface area contributed by atoms with E-state index in [1.54, 1.807) is 24.3 Å². The fourth-order valence-electron chi connectivity index (χ4n) is 3.41. The molecular weight excluding hydrogens is 352 g/mol. The number of aromatic nitrogens is 2. The van der Waals surface area contributed by atoms with E-state index in [0.717, 1.165) is 43.1 Å². The number of nitrogens with zero attached hydrogens (tertiary/aromatic N) is 4. The van der Waals surface area contributed by atoms with Gasteiger partial charge in [-0.2, -0.15) is 5.26 Å². The standard InChI is InChI=1S/C21H26N6O/c1-14-23-19(12-20(24-14)27(2)3)25-17-8-10-18(11-9-17)26-21(28)16-6-4-15(13-22)5-7-16/h4-7,12,17-18H,8-11H2,1-3H3,(H,26,28)(H,23,24,25)/t17-,18+. The van der Waals surface area contributed by atoms with Gasteiger partial charge in [-0.15, -0.1) is 0 Å². The number of benzene rings is 1. The summed E-state index contributed by atoms with van der Waals surface area (Å²) in [4.78, 5) is 23.3. The first-order valence-electron chi connectivity index (χ1n) is 9.55. The van der Waals surface area contributed by atoms with E-state index < -0.39 is 0 Å². The predicted octanol–water partition coefficient (Wildman–Crippen LogP) is 2.88. The number of aryl methyl sites for hydroxylation is 1. The van der Waals surface area contributed by atoms with Crippen molar-refractivity contribution in [3.8, 4) is 6.07 Å². The number of hydrogen-bond donors (Lipinski definition) is 2. The largest absolute Gasteiger partial charge is 0.367 e. The SMILES string of the molecule is Cc1nc(N[C@H]2CC[C@@H](NC(=O)c3ccc(C#N)cc3)CC2)cc(N(C)C)n1. The first-order valence-corrected chi connectivity index (χ1v) is 9.55. The molecule has 0 spiro atoms. The molecule has 1 saturated carbocycles. The van der Waals surface area contributed by atoms with Gasteiger partial charge in [0.1, 0.15) is 17.5 Å². The molecule has 2 aromatic rings. The van der Waals surface area contributed by atoms with Crippen LogP contribution in [0.3, 0.4) is 0 Å². The lowest BCUT2D eigenvalue weighted by atomic mass is 9.91. The zero-order valence-electron chi connectivity index (χ0n) is 16.6. The maximum Gasteiger partial charge on any atom is 0.251 e. The monoisotopic (exact) mass is 378 g/mol. The summed E-state index contributed by atoms with van der Waals surface area (Å²) in [5, 5.41) is 15.5. The average Bonchev–Trinajstić information content (AvgIpc) is 2.69. The van der Waals surface area contributed by atoms with Crippen molar-refractivity contribution in [2.24, 2.45) is 0 Å². The lowest BCUT2D eigenvalue weighted by Gasteiger charge is -2.30. The summed E-state index contributed by atoms with van der Waals surface area (Å²) in [5.41, 5.74) is 1.15. The Hall–Kier alpha value is -3.14. The van der Waals surface area contributed by atoms with E-state index >= 15 is 0 Å². The number of hydrogen-bond acceptors (Lipinski definition) is 6. The van der Waals surface area contributed by atoms with Gasteiger partial charge in [0, 0.05) is 37.8 Å². The Morgan fingerprint density at radius 2 is 1.75 bits per heavy atom. The summed E-state index contributed by atoms with van der Waals surface area (Å²) in [6.07, 6.45) is 3.78. The summed E-state index contributed by atoms with van der Waals surface area (Å²) in [5.74, 6) is 2.40. The first-order chi connectivity index (χ1) is 13.4. The zero-order valence-corrected chi connectivity index (χ0v) is 16.6. The molecule has 1 aliphatic carbocycles. The van der Waals surface area contributed by atoms with E-state index in [4.69, 9.17) is 5.26 Å². The van der Waals surface area contributed by atoms with Gasteiger partial charge in [0.05, 0.1) is 11.6 Å². The molecule has 1 heterocycles. The highest BCUT2D eigenvalue weighted by Crippen LogP contribution is 2.23. The van der Waals surface area contributed by atoms with E-state index in [2.05, 4.69) is 26.7 Å². The fourth-order valence-corrected chi connectivity index (χ4v) is 3.41. The van der Waals surface area contributed by atoms with Gasteiger partial charge in [-0.1, -0.05) is 0 Å². The number of nitriles is 1. The molecule has 1 aliphatic rings. The minimum Gasteiger partial charge on any atom is -0.367 e. The molecular formula is C21H26N6O. The Kier molecular flexibility index (Phi) is 6.09. The van der Waals surface area contributed by atoms with Crippen molar-refractivity contribution in [1.29, 1.82) is 5.26 Å². The van der Waals surface area contributed by atoms with Crippen LogP contribution in [0.25, 0.3) is 0 Å². The molecule has 1 aromatic heterocycles. The molecule has 7 heteroatoms. The van der Waals surface area contributed by atoms with Crippen LogP contribution in [0.2, 0.25) is 0 Å². The van der Waals surface area contributed by atoms with Crippen LogP contribution >= 0.6 is 0 Å². The van der Waals surface area contributed by atoms with Gasteiger partial charge in [-0.05, 0) is 56.9 Å². The Balaban J connectivity index is 1.52. The van der Waals surface area contributed by atoms with E-state index in [1.165, 1.54) is 0 Å². The molecule has 0 saturated heterocycles. The highest BCUT2D eigenvalue weighted by molar-refractivity contribution is 5.94. The second kappa shape index (κ2) is 8.70. The van der Waals surface area contributed by atoms with Crippen LogP contribution in [0.1, 0.15) is 47.4 Å². The van der Waals surface area contributed by atoms with Gasteiger partial charge in [-0.3, -0.25) is 4.79 Å². The van der Waals surface area contributed by atoms with E-state index in [0.29, 0.717) is 17.2 Å². The van der Waals surface area contributed by atoms with Crippen LogP contribution in [0.5, 0.6) is 0 Å². The first kappa shape index (κ1) is 19.6. The van der Waals surface area contributed by atoms with Crippen LogP contribution in [-0.2, 0) is 0 Å². The van der Waals surface area contributed by atoms with Crippen molar-refractivity contribution >= 4 is 17.5 Å². The quantitative estimate of drug-likeness (QED) is 0.831. The van der Waals surface area contributed by atoms with Crippen LogP contribution in [0.15, 0.2) is 30.3 Å². The maximum absolute atomic E-state index is 12.4. The summed E-state index contributed by atoms with van der Waals surface area (Å²) in [6.45, 7) is 1.90. The molecule has 0 aliphatic heterocycles. The molecule has 0 radical (unpaired) electrons. The topological polar surface area (TPSA) is 93.9 Å². The summed E-state index contributed by atoms with van der Waals surface area (Å²) in [7, 11) is 3.93.